The Balaban J connectivity index is 4.13. The van der Waals surface area contributed by atoms with E-state index in [4.69, 9.17) is 19.7 Å². The number of ether oxygens (including phenoxy) is 2. The summed E-state index contributed by atoms with van der Waals surface area (Å²) in [5.74, 6) is 0. The molecular weight excluding hydrogens is 190 g/mol. The predicted molar refractivity (Wildman–Crippen MR) is 49.1 cm³/mol. The summed E-state index contributed by atoms with van der Waals surface area (Å²) in [5, 5.41) is 28.3. The van der Waals surface area contributed by atoms with E-state index in [9.17, 15) is 5.21 Å². The van der Waals surface area contributed by atoms with Gasteiger partial charge in [0.05, 0.1) is 38.5 Å². The third kappa shape index (κ3) is 4.32. The highest BCUT2D eigenvalue weighted by atomic mass is 16.5. The largest absolute Gasteiger partial charge is 0.395 e. The minimum Gasteiger partial charge on any atom is -0.395 e. The Morgan fingerprint density at radius 3 is 1.57 bits per heavy atom. The molecule has 0 aliphatic carbocycles. The lowest BCUT2D eigenvalue weighted by Gasteiger charge is -2.29. The van der Waals surface area contributed by atoms with Gasteiger partial charge in [0.15, 0.2) is 0 Å². The highest BCUT2D eigenvalue weighted by Crippen LogP contribution is 2.03. The summed E-state index contributed by atoms with van der Waals surface area (Å²) in [6.45, 7) is -0.116. The highest BCUT2D eigenvalue weighted by molar-refractivity contribution is 4.71. The van der Waals surface area contributed by atoms with Gasteiger partial charge < -0.3 is 24.9 Å². The van der Waals surface area contributed by atoms with Crippen molar-refractivity contribution in [2.24, 2.45) is 0 Å². The Kier molecular flexibility index (Phi) is 7.96. The molecule has 0 amide bonds. The maximum absolute atomic E-state index is 9.58. The quantitative estimate of drug-likeness (QED) is 0.431. The Morgan fingerprint density at radius 1 is 1.00 bits per heavy atom. The van der Waals surface area contributed by atoms with Gasteiger partial charge in [-0.3, -0.25) is 0 Å². The molecular formula is C8H19NO5. The lowest BCUT2D eigenvalue weighted by atomic mass is 10.2. The normalized spacial score (nSPS) is 15.9. The van der Waals surface area contributed by atoms with Crippen LogP contribution in [-0.4, -0.2) is 73.2 Å². The van der Waals surface area contributed by atoms with Crippen LogP contribution in [0.5, 0.6) is 0 Å². The molecule has 6 heteroatoms. The number of hydroxylamine groups is 2. The molecule has 6 nitrogen and oxygen atoms in total. The maximum Gasteiger partial charge on any atom is 0.0819 e. The third-order valence-corrected chi connectivity index (χ3v) is 1.89. The number of aliphatic hydroxyl groups excluding tert-OH is 2. The molecule has 0 aliphatic heterocycles. The van der Waals surface area contributed by atoms with Crippen molar-refractivity contribution in [3.63, 3.8) is 0 Å². The number of hydrogen-bond donors (Lipinski definition) is 3. The molecule has 0 fully saturated rings. The fraction of sp³-hybridized carbons (Fsp3) is 1.00. The second-order valence-electron chi connectivity index (χ2n) is 2.96. The molecule has 0 aromatic carbocycles. The van der Waals surface area contributed by atoms with Gasteiger partial charge in [-0.05, 0) is 0 Å². The van der Waals surface area contributed by atoms with E-state index in [2.05, 4.69) is 0 Å². The minimum atomic E-state index is -0.549. The molecule has 0 saturated carbocycles. The van der Waals surface area contributed by atoms with Crippen molar-refractivity contribution in [1.82, 2.24) is 5.06 Å². The number of nitrogens with zero attached hydrogens (tertiary/aromatic N) is 1. The van der Waals surface area contributed by atoms with Crippen LogP contribution in [0.4, 0.5) is 0 Å². The fourth-order valence-corrected chi connectivity index (χ4v) is 1.11. The summed E-state index contributed by atoms with van der Waals surface area (Å²) in [5.41, 5.74) is 0. The SMILES string of the molecule is COCC(CO)N(O)C(CO)COC. The molecule has 0 heterocycles. The Hall–Kier alpha value is -0.240. The van der Waals surface area contributed by atoms with Crippen molar-refractivity contribution in [2.75, 3.05) is 40.6 Å². The average molecular weight is 209 g/mol. The molecule has 0 saturated heterocycles. The van der Waals surface area contributed by atoms with E-state index in [-0.39, 0.29) is 26.4 Å². The predicted octanol–water partition coefficient (Wildman–Crippen LogP) is -1.31. The Bertz CT molecular complexity index is 121. The molecule has 0 spiro atoms. The van der Waals surface area contributed by atoms with Crippen LogP contribution >= 0.6 is 0 Å². The van der Waals surface area contributed by atoms with Crippen LogP contribution < -0.4 is 0 Å². The topological polar surface area (TPSA) is 82.4 Å². The van der Waals surface area contributed by atoms with E-state index >= 15 is 0 Å². The first kappa shape index (κ1) is 13.8. The fourth-order valence-electron chi connectivity index (χ4n) is 1.11. The summed E-state index contributed by atoms with van der Waals surface area (Å²) in [7, 11) is 2.95. The van der Waals surface area contributed by atoms with E-state index in [1.165, 1.54) is 14.2 Å². The molecule has 0 rings (SSSR count). The summed E-state index contributed by atoms with van der Waals surface area (Å²) in [6, 6.07) is -1.10. The van der Waals surface area contributed by atoms with Crippen LogP contribution in [0.1, 0.15) is 0 Å². The Labute approximate surface area is 83.6 Å². The van der Waals surface area contributed by atoms with Gasteiger partial charge in [-0.25, -0.2) is 0 Å². The van der Waals surface area contributed by atoms with Gasteiger partial charge in [-0.1, -0.05) is 0 Å². The Morgan fingerprint density at radius 2 is 1.36 bits per heavy atom. The lowest BCUT2D eigenvalue weighted by Crippen LogP contribution is -2.48. The van der Waals surface area contributed by atoms with Crippen molar-refractivity contribution in [3.05, 3.63) is 0 Å². The van der Waals surface area contributed by atoms with Crippen molar-refractivity contribution < 1.29 is 24.9 Å². The molecule has 2 atom stereocenters. The highest BCUT2D eigenvalue weighted by Gasteiger charge is 2.23. The molecule has 0 radical (unpaired) electrons. The van der Waals surface area contributed by atoms with E-state index in [1.54, 1.807) is 0 Å². The van der Waals surface area contributed by atoms with Gasteiger partial charge in [0.25, 0.3) is 0 Å². The second kappa shape index (κ2) is 8.10. The van der Waals surface area contributed by atoms with Gasteiger partial charge in [0.2, 0.25) is 0 Å². The van der Waals surface area contributed by atoms with Crippen molar-refractivity contribution in [3.8, 4) is 0 Å². The zero-order chi connectivity index (χ0) is 11.0. The molecule has 2 unspecified atom stereocenters. The summed E-state index contributed by atoms with van der Waals surface area (Å²) >= 11 is 0. The van der Waals surface area contributed by atoms with Crippen LogP contribution in [0.3, 0.4) is 0 Å². The summed E-state index contributed by atoms with van der Waals surface area (Å²) < 4.78 is 9.61. The van der Waals surface area contributed by atoms with Crippen LogP contribution in [0.2, 0.25) is 0 Å². The lowest BCUT2D eigenvalue weighted by molar-refractivity contribution is -0.196. The first-order chi connectivity index (χ1) is 6.71. The van der Waals surface area contributed by atoms with Gasteiger partial charge in [-0.15, -0.1) is 0 Å². The van der Waals surface area contributed by atoms with Gasteiger partial charge in [-0.2, -0.15) is 5.06 Å². The maximum atomic E-state index is 9.58. The molecule has 0 bridgehead atoms. The molecule has 14 heavy (non-hydrogen) atoms. The number of aliphatic hydroxyl groups is 2. The third-order valence-electron chi connectivity index (χ3n) is 1.89. The summed E-state index contributed by atoms with van der Waals surface area (Å²) in [4.78, 5) is 0. The zero-order valence-electron chi connectivity index (χ0n) is 8.59. The van der Waals surface area contributed by atoms with Gasteiger partial charge in [0, 0.05) is 14.2 Å². The first-order valence-electron chi connectivity index (χ1n) is 4.38. The van der Waals surface area contributed by atoms with Crippen LogP contribution in [-0.2, 0) is 9.47 Å². The minimum absolute atomic E-state index is 0.188. The van der Waals surface area contributed by atoms with E-state index in [0.29, 0.717) is 0 Å². The number of hydrogen-bond acceptors (Lipinski definition) is 6. The second-order valence-corrected chi connectivity index (χ2v) is 2.96. The van der Waals surface area contributed by atoms with Crippen molar-refractivity contribution in [2.45, 2.75) is 12.1 Å². The van der Waals surface area contributed by atoms with Gasteiger partial charge in [0.1, 0.15) is 0 Å². The van der Waals surface area contributed by atoms with E-state index < -0.39 is 12.1 Å². The monoisotopic (exact) mass is 209 g/mol. The smallest absolute Gasteiger partial charge is 0.0819 e. The van der Waals surface area contributed by atoms with Crippen molar-refractivity contribution >= 4 is 0 Å². The first-order valence-corrected chi connectivity index (χ1v) is 4.38. The number of rotatable bonds is 8. The van der Waals surface area contributed by atoms with Crippen LogP contribution in [0.15, 0.2) is 0 Å². The molecule has 3 N–H and O–H groups in total. The van der Waals surface area contributed by atoms with Crippen LogP contribution in [0, 0.1) is 0 Å². The van der Waals surface area contributed by atoms with Crippen LogP contribution in [0.25, 0.3) is 0 Å². The number of methoxy groups -OCH3 is 2. The molecule has 0 aromatic heterocycles. The van der Waals surface area contributed by atoms with E-state index in [1.807, 2.05) is 0 Å². The zero-order valence-corrected chi connectivity index (χ0v) is 8.59. The molecule has 0 aliphatic rings. The average Bonchev–Trinajstić information content (AvgIpc) is 2.21. The van der Waals surface area contributed by atoms with E-state index in [0.717, 1.165) is 5.06 Å². The summed E-state index contributed by atoms with van der Waals surface area (Å²) in [6.07, 6.45) is 0. The van der Waals surface area contributed by atoms with Crippen molar-refractivity contribution in [1.29, 1.82) is 0 Å². The van der Waals surface area contributed by atoms with Gasteiger partial charge >= 0.3 is 0 Å². The standard InChI is InChI=1S/C8H19NO5/c1-13-5-7(3-10)9(12)8(4-11)6-14-2/h7-8,10-12H,3-6H2,1-2H3. The molecule has 0 aromatic rings. The molecule has 86 valence electrons.